The number of carbonyl (C=O) groups excluding carboxylic acids is 2. The zero-order valence-corrected chi connectivity index (χ0v) is 13.1. The van der Waals surface area contributed by atoms with Gasteiger partial charge in [0.05, 0.1) is 11.8 Å². The number of hydrogen-bond acceptors (Lipinski definition) is 4. The average molecular weight is 270 g/mol. The van der Waals surface area contributed by atoms with Crippen LogP contribution in [0.4, 0.5) is 0 Å². The second kappa shape index (κ2) is 4.80. The Morgan fingerprint density at radius 2 is 1.58 bits per heavy atom. The molecule has 0 spiro atoms. The Bertz CT molecular complexity index is 357. The predicted octanol–water partition coefficient (Wildman–Crippen LogP) is 2.94. The second-order valence-electron chi connectivity index (χ2n) is 7.54. The van der Waals surface area contributed by atoms with Crippen LogP contribution in [0.15, 0.2) is 0 Å². The third-order valence-corrected chi connectivity index (χ3v) is 4.51. The van der Waals surface area contributed by atoms with E-state index in [1.54, 1.807) is 0 Å². The van der Waals surface area contributed by atoms with Crippen molar-refractivity contribution in [3.8, 4) is 0 Å². The summed E-state index contributed by atoms with van der Waals surface area (Å²) in [7, 11) is 0. The van der Waals surface area contributed by atoms with Crippen LogP contribution in [0.1, 0.15) is 54.9 Å². The van der Waals surface area contributed by atoms with E-state index in [2.05, 4.69) is 0 Å². The quantitative estimate of drug-likeness (QED) is 0.724. The molecular weight excluding hydrogens is 244 g/mol. The normalized spacial score (nSPS) is 21.2. The molecule has 0 N–H and O–H groups in total. The van der Waals surface area contributed by atoms with Gasteiger partial charge in [-0.25, -0.2) is 0 Å². The van der Waals surface area contributed by atoms with E-state index in [4.69, 9.17) is 9.47 Å². The molecule has 1 heterocycles. The van der Waals surface area contributed by atoms with Crippen LogP contribution in [-0.4, -0.2) is 24.6 Å². The van der Waals surface area contributed by atoms with Crippen molar-refractivity contribution in [3.63, 3.8) is 0 Å². The zero-order chi connectivity index (χ0) is 15.1. The molecule has 1 unspecified atom stereocenters. The minimum Gasteiger partial charge on any atom is -0.462 e. The highest BCUT2D eigenvalue weighted by atomic mass is 16.6. The van der Waals surface area contributed by atoms with E-state index in [0.29, 0.717) is 0 Å². The molecule has 1 rings (SSSR count). The molecule has 0 aromatic heterocycles. The van der Waals surface area contributed by atoms with Crippen LogP contribution in [-0.2, 0) is 19.1 Å². The Balaban J connectivity index is 2.94. The van der Waals surface area contributed by atoms with Crippen molar-refractivity contribution in [3.05, 3.63) is 0 Å². The van der Waals surface area contributed by atoms with Crippen molar-refractivity contribution >= 4 is 11.9 Å². The molecule has 1 fully saturated rings. The lowest BCUT2D eigenvalue weighted by molar-refractivity contribution is -0.178. The summed E-state index contributed by atoms with van der Waals surface area (Å²) >= 11 is 0. The molecule has 0 radical (unpaired) electrons. The molecule has 1 aliphatic heterocycles. The van der Waals surface area contributed by atoms with Crippen molar-refractivity contribution < 1.29 is 19.1 Å². The lowest BCUT2D eigenvalue weighted by Gasteiger charge is -2.49. The fourth-order valence-corrected chi connectivity index (χ4v) is 2.57. The highest BCUT2D eigenvalue weighted by Crippen LogP contribution is 2.52. The van der Waals surface area contributed by atoms with Crippen molar-refractivity contribution in [2.75, 3.05) is 6.61 Å². The lowest BCUT2D eigenvalue weighted by Crippen LogP contribution is -2.51. The van der Waals surface area contributed by atoms with Crippen molar-refractivity contribution in [1.82, 2.24) is 0 Å². The minimum atomic E-state index is -0.647. The fraction of sp³-hybridized carbons (Fsp3) is 0.867. The van der Waals surface area contributed by atoms with Crippen LogP contribution in [0.3, 0.4) is 0 Å². The molecule has 19 heavy (non-hydrogen) atoms. The van der Waals surface area contributed by atoms with Gasteiger partial charge in [0.1, 0.15) is 12.7 Å². The first-order chi connectivity index (χ1) is 8.39. The molecule has 1 atom stereocenters. The molecule has 0 aliphatic carbocycles. The third-order valence-electron chi connectivity index (χ3n) is 4.51. The number of rotatable bonds is 2. The summed E-state index contributed by atoms with van der Waals surface area (Å²) in [4.78, 5) is 23.7. The number of ether oxygens (including phenoxy) is 2. The first-order valence-electron chi connectivity index (χ1n) is 6.76. The summed E-state index contributed by atoms with van der Waals surface area (Å²) in [5, 5.41) is 0. The molecule has 0 bridgehead atoms. The average Bonchev–Trinajstić information content (AvgIpc) is 2.59. The van der Waals surface area contributed by atoms with Gasteiger partial charge in [0.25, 0.3) is 0 Å². The lowest BCUT2D eigenvalue weighted by atomic mass is 9.55. The highest BCUT2D eigenvalue weighted by Gasteiger charge is 2.54. The first-order valence-corrected chi connectivity index (χ1v) is 6.76. The molecule has 4 heteroatoms. The van der Waals surface area contributed by atoms with E-state index in [-0.39, 0.29) is 35.8 Å². The third kappa shape index (κ3) is 2.93. The maximum Gasteiger partial charge on any atom is 0.313 e. The van der Waals surface area contributed by atoms with Crippen molar-refractivity contribution in [2.24, 2.45) is 16.2 Å². The van der Waals surface area contributed by atoms with Gasteiger partial charge in [0.15, 0.2) is 0 Å². The van der Waals surface area contributed by atoms with Crippen LogP contribution < -0.4 is 0 Å². The molecule has 0 amide bonds. The summed E-state index contributed by atoms with van der Waals surface area (Å²) in [5.41, 5.74) is -1.14. The van der Waals surface area contributed by atoms with Gasteiger partial charge in [-0.15, -0.1) is 0 Å². The van der Waals surface area contributed by atoms with Crippen LogP contribution in [0.5, 0.6) is 0 Å². The Morgan fingerprint density at radius 3 is 1.89 bits per heavy atom. The van der Waals surface area contributed by atoms with E-state index in [9.17, 15) is 9.59 Å². The van der Waals surface area contributed by atoms with Gasteiger partial charge in [0, 0.05) is 0 Å². The summed E-state index contributed by atoms with van der Waals surface area (Å²) < 4.78 is 10.3. The number of esters is 2. The summed E-state index contributed by atoms with van der Waals surface area (Å²) in [6, 6.07) is 0. The number of hydrogen-bond donors (Lipinski definition) is 0. The van der Waals surface area contributed by atoms with Gasteiger partial charge < -0.3 is 9.47 Å². The highest BCUT2D eigenvalue weighted by molar-refractivity contribution is 5.79. The van der Waals surface area contributed by atoms with Gasteiger partial charge >= 0.3 is 11.9 Å². The first kappa shape index (κ1) is 16.0. The monoisotopic (exact) mass is 270 g/mol. The standard InChI is InChI=1S/C15H26O4/c1-13(2,3)15(7,14(4,5)6)12(17)19-10-8-11(16)18-9-10/h10H,8-9H2,1-7H3. The zero-order valence-electron chi connectivity index (χ0n) is 13.1. The molecule has 4 nitrogen and oxygen atoms in total. The van der Waals surface area contributed by atoms with Crippen molar-refractivity contribution in [1.29, 1.82) is 0 Å². The Morgan fingerprint density at radius 1 is 1.11 bits per heavy atom. The molecule has 1 aliphatic rings. The van der Waals surface area contributed by atoms with Gasteiger partial charge in [-0.05, 0) is 17.8 Å². The fourth-order valence-electron chi connectivity index (χ4n) is 2.57. The summed E-state index contributed by atoms with van der Waals surface area (Å²) in [6.07, 6.45) is -0.278. The van der Waals surface area contributed by atoms with Gasteiger partial charge in [-0.1, -0.05) is 41.5 Å². The van der Waals surface area contributed by atoms with E-state index >= 15 is 0 Å². The van der Waals surface area contributed by atoms with E-state index < -0.39 is 11.5 Å². The maximum absolute atomic E-state index is 12.6. The molecule has 0 aromatic rings. The minimum absolute atomic E-state index is 0.163. The van der Waals surface area contributed by atoms with Gasteiger partial charge in [0.2, 0.25) is 0 Å². The van der Waals surface area contributed by atoms with Crippen LogP contribution in [0, 0.1) is 16.2 Å². The van der Waals surface area contributed by atoms with E-state index in [1.807, 2.05) is 48.5 Å². The summed E-state index contributed by atoms with van der Waals surface area (Å²) in [5.74, 6) is -0.554. The smallest absolute Gasteiger partial charge is 0.313 e. The van der Waals surface area contributed by atoms with Crippen molar-refractivity contribution in [2.45, 2.75) is 61.0 Å². The summed E-state index contributed by atoms with van der Waals surface area (Å²) in [6.45, 7) is 14.3. The Labute approximate surface area is 115 Å². The van der Waals surface area contributed by atoms with Crippen LogP contribution >= 0.6 is 0 Å². The van der Waals surface area contributed by atoms with Crippen LogP contribution in [0.25, 0.3) is 0 Å². The maximum atomic E-state index is 12.6. The second-order valence-corrected chi connectivity index (χ2v) is 7.54. The van der Waals surface area contributed by atoms with E-state index in [0.717, 1.165) is 0 Å². The number of carbonyl (C=O) groups is 2. The SMILES string of the molecule is CC(C)(C)C(C)(C(=O)OC1COC(=O)C1)C(C)(C)C. The molecule has 1 saturated heterocycles. The Hall–Kier alpha value is -1.06. The molecule has 0 aromatic carbocycles. The largest absolute Gasteiger partial charge is 0.462 e. The molecule has 110 valence electrons. The Kier molecular flexibility index (Phi) is 4.04. The van der Waals surface area contributed by atoms with Gasteiger partial charge in [-0.2, -0.15) is 0 Å². The topological polar surface area (TPSA) is 52.6 Å². The van der Waals surface area contributed by atoms with Gasteiger partial charge in [-0.3, -0.25) is 9.59 Å². The molecule has 0 saturated carbocycles. The number of cyclic esters (lactones) is 1. The predicted molar refractivity (Wildman–Crippen MR) is 72.5 cm³/mol. The van der Waals surface area contributed by atoms with Crippen LogP contribution in [0.2, 0.25) is 0 Å². The van der Waals surface area contributed by atoms with E-state index in [1.165, 1.54) is 0 Å². The molecular formula is C15H26O4.